The number of rotatable bonds is 10. The van der Waals surface area contributed by atoms with Crippen LogP contribution in [-0.4, -0.2) is 45.1 Å². The third-order valence-electron chi connectivity index (χ3n) is 5.63. The van der Waals surface area contributed by atoms with E-state index in [2.05, 4.69) is 57.1 Å². The molecule has 8 heteroatoms. The minimum Gasteiger partial charge on any atom is -0.485 e. The molecule has 0 radical (unpaired) electrons. The minimum absolute atomic E-state index is 0.171. The number of anilines is 1. The Hall–Kier alpha value is -3.65. The predicted molar refractivity (Wildman–Crippen MR) is 127 cm³/mol. The van der Waals surface area contributed by atoms with E-state index in [1.807, 2.05) is 12.1 Å². The molecule has 172 valence electrons. The van der Waals surface area contributed by atoms with E-state index in [4.69, 9.17) is 9.26 Å². The van der Waals surface area contributed by atoms with Crippen molar-refractivity contribution < 1.29 is 14.1 Å². The zero-order valence-electron chi connectivity index (χ0n) is 19.2. The lowest BCUT2D eigenvalue weighted by Crippen LogP contribution is -2.26. The Labute approximate surface area is 193 Å². The van der Waals surface area contributed by atoms with E-state index in [0.29, 0.717) is 23.0 Å². The van der Waals surface area contributed by atoms with E-state index < -0.39 is 0 Å². The molecule has 1 amide bonds. The molecule has 0 fully saturated rings. The van der Waals surface area contributed by atoms with Gasteiger partial charge >= 0.3 is 0 Å². The quantitative estimate of drug-likeness (QED) is 0.385. The summed E-state index contributed by atoms with van der Waals surface area (Å²) < 4.78 is 12.8. The summed E-state index contributed by atoms with van der Waals surface area (Å²) in [4.78, 5) is 19.2. The van der Waals surface area contributed by atoms with Gasteiger partial charge in [0.2, 0.25) is 11.7 Å². The normalized spacial score (nSPS) is 11.3. The van der Waals surface area contributed by atoms with Gasteiger partial charge in [0, 0.05) is 48.4 Å². The topological polar surface area (TPSA) is 85.4 Å². The number of carbonyl (C=O) groups is 1. The van der Waals surface area contributed by atoms with Crippen LogP contribution >= 0.6 is 0 Å². The van der Waals surface area contributed by atoms with Gasteiger partial charge in [-0.3, -0.25) is 4.79 Å². The summed E-state index contributed by atoms with van der Waals surface area (Å²) in [5.74, 6) is 1.43. The maximum Gasteiger partial charge on any atom is 0.255 e. The third kappa shape index (κ3) is 5.59. The number of hydrogen-bond donors (Lipinski definition) is 1. The number of nitrogens with zero attached hydrogens (tertiary/aromatic N) is 4. The van der Waals surface area contributed by atoms with Gasteiger partial charge in [0.05, 0.1) is 0 Å². The van der Waals surface area contributed by atoms with Crippen molar-refractivity contribution >= 4 is 22.5 Å². The van der Waals surface area contributed by atoms with Gasteiger partial charge in [0.1, 0.15) is 5.75 Å². The smallest absolute Gasteiger partial charge is 0.255 e. The lowest BCUT2D eigenvalue weighted by molar-refractivity contribution is 0.102. The van der Waals surface area contributed by atoms with Crippen molar-refractivity contribution in [2.75, 3.05) is 25.0 Å². The summed E-state index contributed by atoms with van der Waals surface area (Å²) in [5, 5.41) is 7.88. The van der Waals surface area contributed by atoms with E-state index in [0.717, 1.165) is 37.3 Å². The molecule has 1 N–H and O–H groups in total. The second kappa shape index (κ2) is 10.3. The van der Waals surface area contributed by atoms with Gasteiger partial charge in [0.25, 0.3) is 5.91 Å². The molecule has 0 unspecified atom stereocenters. The summed E-state index contributed by atoms with van der Waals surface area (Å²) in [7, 11) is 0. The molecule has 0 atom stereocenters. The van der Waals surface area contributed by atoms with Crippen LogP contribution in [0.1, 0.15) is 35.9 Å². The van der Waals surface area contributed by atoms with E-state index in [-0.39, 0.29) is 12.5 Å². The van der Waals surface area contributed by atoms with Crippen molar-refractivity contribution in [2.45, 2.75) is 33.9 Å². The lowest BCUT2D eigenvalue weighted by atomic mass is 10.2. The fraction of sp³-hybridized carbons (Fsp3) is 0.320. The maximum absolute atomic E-state index is 12.7. The van der Waals surface area contributed by atoms with Gasteiger partial charge in [-0.1, -0.05) is 19.0 Å². The number of aryl methyl sites for hydroxylation is 1. The molecule has 0 aliphatic rings. The van der Waals surface area contributed by atoms with Crippen molar-refractivity contribution in [1.29, 1.82) is 0 Å². The molecule has 0 aliphatic carbocycles. The number of amides is 1. The zero-order chi connectivity index (χ0) is 23.2. The number of carbonyl (C=O) groups excluding carboxylic acids is 1. The van der Waals surface area contributed by atoms with Crippen LogP contribution in [-0.2, 0) is 13.2 Å². The molecule has 2 aromatic heterocycles. The Morgan fingerprint density at radius 1 is 1.12 bits per heavy atom. The summed E-state index contributed by atoms with van der Waals surface area (Å²) in [6.07, 6.45) is 2.11. The van der Waals surface area contributed by atoms with Crippen LogP contribution in [0.4, 0.5) is 5.69 Å². The first-order valence-electron chi connectivity index (χ1n) is 11.2. The lowest BCUT2D eigenvalue weighted by Gasteiger charge is -2.18. The summed E-state index contributed by atoms with van der Waals surface area (Å²) in [6.45, 7) is 10.4. The SMILES string of the molecule is CCN(CC)CCn1ccc2cc(NC(=O)c3ccc(OCc4noc(C)n4)cc3)ccc21. The van der Waals surface area contributed by atoms with Crippen LogP contribution in [0.3, 0.4) is 0 Å². The van der Waals surface area contributed by atoms with Crippen molar-refractivity contribution in [3.63, 3.8) is 0 Å². The van der Waals surface area contributed by atoms with Gasteiger partial charge in [-0.2, -0.15) is 4.98 Å². The van der Waals surface area contributed by atoms with Crippen LogP contribution in [0.25, 0.3) is 10.9 Å². The number of fused-ring (bicyclic) bond motifs is 1. The molecular weight excluding hydrogens is 418 g/mol. The van der Waals surface area contributed by atoms with Gasteiger partial charge in [-0.05, 0) is 61.6 Å². The van der Waals surface area contributed by atoms with Gasteiger partial charge in [0.15, 0.2) is 6.61 Å². The van der Waals surface area contributed by atoms with E-state index >= 15 is 0 Å². The number of hydrogen-bond acceptors (Lipinski definition) is 6. The van der Waals surface area contributed by atoms with Crippen molar-refractivity contribution in [3.05, 3.63) is 72.0 Å². The highest BCUT2D eigenvalue weighted by atomic mass is 16.5. The van der Waals surface area contributed by atoms with E-state index in [1.54, 1.807) is 31.2 Å². The molecule has 2 heterocycles. The molecule has 8 nitrogen and oxygen atoms in total. The molecule has 0 spiro atoms. The Balaban J connectivity index is 1.36. The standard InChI is InChI=1S/C25H29N5O3/c1-4-29(5-2)14-15-30-13-12-20-16-21(8-11-23(20)30)27-25(31)19-6-9-22(10-7-19)32-17-24-26-18(3)33-28-24/h6-13,16H,4-5,14-15,17H2,1-3H3,(H,27,31). The number of benzene rings is 2. The molecule has 2 aromatic carbocycles. The first kappa shape index (κ1) is 22.5. The van der Waals surface area contributed by atoms with Crippen molar-refractivity contribution in [1.82, 2.24) is 19.6 Å². The highest BCUT2D eigenvalue weighted by Gasteiger charge is 2.10. The second-order valence-electron chi connectivity index (χ2n) is 7.81. The van der Waals surface area contributed by atoms with E-state index in [9.17, 15) is 4.79 Å². The van der Waals surface area contributed by atoms with Gasteiger partial charge in [-0.15, -0.1) is 0 Å². The molecule has 0 saturated carbocycles. The minimum atomic E-state index is -0.171. The highest BCUT2D eigenvalue weighted by molar-refractivity contribution is 6.05. The van der Waals surface area contributed by atoms with Gasteiger partial charge in [-0.25, -0.2) is 0 Å². The highest BCUT2D eigenvalue weighted by Crippen LogP contribution is 2.22. The Kier molecular flexibility index (Phi) is 7.04. The van der Waals surface area contributed by atoms with Crippen LogP contribution in [0, 0.1) is 6.92 Å². The summed E-state index contributed by atoms with van der Waals surface area (Å²) in [6, 6.07) is 15.1. The zero-order valence-corrected chi connectivity index (χ0v) is 19.2. The van der Waals surface area contributed by atoms with Gasteiger partial charge < -0.3 is 24.0 Å². The average Bonchev–Trinajstić information content (AvgIpc) is 3.44. The first-order valence-corrected chi connectivity index (χ1v) is 11.2. The molecule has 4 aromatic rings. The number of aromatic nitrogens is 3. The summed E-state index contributed by atoms with van der Waals surface area (Å²) in [5.41, 5.74) is 2.48. The van der Waals surface area contributed by atoms with Crippen LogP contribution in [0.2, 0.25) is 0 Å². The van der Waals surface area contributed by atoms with Crippen LogP contribution in [0.15, 0.2) is 59.3 Å². The first-order chi connectivity index (χ1) is 16.1. The monoisotopic (exact) mass is 447 g/mol. The van der Waals surface area contributed by atoms with Crippen molar-refractivity contribution in [2.24, 2.45) is 0 Å². The van der Waals surface area contributed by atoms with E-state index in [1.165, 1.54) is 5.52 Å². The number of likely N-dealkylation sites (N-methyl/N-ethyl adjacent to an activating group) is 1. The Morgan fingerprint density at radius 3 is 2.61 bits per heavy atom. The molecular formula is C25H29N5O3. The molecule has 4 rings (SSSR count). The second-order valence-corrected chi connectivity index (χ2v) is 7.81. The average molecular weight is 448 g/mol. The maximum atomic E-state index is 12.7. The number of ether oxygens (including phenoxy) is 1. The molecule has 0 saturated heterocycles. The molecule has 33 heavy (non-hydrogen) atoms. The largest absolute Gasteiger partial charge is 0.485 e. The van der Waals surface area contributed by atoms with Crippen molar-refractivity contribution in [3.8, 4) is 5.75 Å². The summed E-state index contributed by atoms with van der Waals surface area (Å²) >= 11 is 0. The Bertz CT molecular complexity index is 1210. The van der Waals surface area contributed by atoms with Crippen LogP contribution in [0.5, 0.6) is 5.75 Å². The number of nitrogens with one attached hydrogen (secondary N) is 1. The third-order valence-corrected chi connectivity index (χ3v) is 5.63. The fourth-order valence-electron chi connectivity index (χ4n) is 3.72. The predicted octanol–water partition coefficient (Wildman–Crippen LogP) is 4.51. The molecule has 0 bridgehead atoms. The van der Waals surface area contributed by atoms with Crippen LogP contribution < -0.4 is 10.1 Å². The molecule has 0 aliphatic heterocycles. The Morgan fingerprint density at radius 2 is 1.91 bits per heavy atom. The fourth-order valence-corrected chi connectivity index (χ4v) is 3.72.